The number of nitrogens with zero attached hydrogens (tertiary/aromatic N) is 1. The number of unbranched alkanes of at least 4 members (excludes halogenated alkanes) is 1. The Labute approximate surface area is 248 Å². The van der Waals surface area contributed by atoms with Crippen LogP contribution in [-0.4, -0.2) is 29.2 Å². The van der Waals surface area contributed by atoms with Crippen LogP contribution in [0.3, 0.4) is 0 Å². The van der Waals surface area contributed by atoms with Crippen LogP contribution < -0.4 is 0 Å². The second-order valence-corrected chi connectivity index (χ2v) is 9.94. The Balaban J connectivity index is 0. The van der Waals surface area contributed by atoms with Crippen molar-refractivity contribution >= 4 is 12.0 Å². The first-order chi connectivity index (χ1) is 19.3. The average Bonchev–Trinajstić information content (AvgIpc) is 3.64. The third-order valence-electron chi connectivity index (χ3n) is 6.02. The van der Waals surface area contributed by atoms with E-state index in [1.807, 2.05) is 56.7 Å². The van der Waals surface area contributed by atoms with Gasteiger partial charge in [-0.3, -0.25) is 4.79 Å². The molecule has 3 nitrogen and oxygen atoms in total. The molecule has 0 saturated heterocycles. The Morgan fingerprint density at radius 3 is 1.57 bits per heavy atom. The average molecular weight is 553 g/mol. The van der Waals surface area contributed by atoms with Crippen LogP contribution in [0.4, 0.5) is 0 Å². The summed E-state index contributed by atoms with van der Waals surface area (Å²) in [6.45, 7) is 25.7. The second kappa shape index (κ2) is 25.3. The van der Waals surface area contributed by atoms with Gasteiger partial charge in [-0.15, -0.1) is 0 Å². The van der Waals surface area contributed by atoms with Gasteiger partial charge in [-0.25, -0.2) is 0 Å². The lowest BCUT2D eigenvalue weighted by Crippen LogP contribution is -2.17. The van der Waals surface area contributed by atoms with E-state index in [2.05, 4.69) is 84.9 Å². The quantitative estimate of drug-likeness (QED) is 0.194. The molecule has 0 radical (unpaired) electrons. The largest absolute Gasteiger partial charge is 0.480 e. The molecule has 0 fully saturated rings. The van der Waals surface area contributed by atoms with Crippen LogP contribution in [0.1, 0.15) is 119 Å². The number of hydrogen-bond donors (Lipinski definition) is 0. The number of allylic oxidation sites excluding steroid dienone is 2. The van der Waals surface area contributed by atoms with Crippen molar-refractivity contribution in [2.45, 2.75) is 128 Å². The van der Waals surface area contributed by atoms with Gasteiger partial charge in [0.2, 0.25) is 17.8 Å². The van der Waals surface area contributed by atoms with Gasteiger partial charge in [0, 0.05) is 19.8 Å². The Morgan fingerprint density at radius 1 is 0.825 bits per heavy atom. The molecule has 1 aliphatic heterocycles. The molecule has 226 valence electrons. The third-order valence-corrected chi connectivity index (χ3v) is 6.02. The van der Waals surface area contributed by atoms with E-state index in [9.17, 15) is 4.79 Å². The molecule has 0 atom stereocenters. The lowest BCUT2D eigenvalue weighted by Gasteiger charge is -2.12. The van der Waals surface area contributed by atoms with E-state index >= 15 is 0 Å². The normalized spacial score (nSPS) is 13.5. The highest BCUT2D eigenvalue weighted by molar-refractivity contribution is 5.99. The molecular weight excluding hydrogens is 490 g/mol. The van der Waals surface area contributed by atoms with Crippen LogP contribution in [0.5, 0.6) is 0 Å². The Bertz CT molecular complexity index is 930. The molecule has 2 aromatic rings. The van der Waals surface area contributed by atoms with Crippen LogP contribution in [0, 0.1) is 12.8 Å². The highest BCUT2D eigenvalue weighted by Gasteiger charge is 2.37. The molecule has 2 aromatic carbocycles. The van der Waals surface area contributed by atoms with Crippen molar-refractivity contribution < 1.29 is 14.1 Å². The number of carbonyl (C=O) groups is 1. The first kappa shape index (κ1) is 39.5. The van der Waals surface area contributed by atoms with E-state index in [0.717, 1.165) is 31.0 Å². The van der Waals surface area contributed by atoms with E-state index in [-0.39, 0.29) is 11.9 Å². The summed E-state index contributed by atoms with van der Waals surface area (Å²) in [6, 6.07) is 18.7. The van der Waals surface area contributed by atoms with Crippen LogP contribution in [0.25, 0.3) is 0 Å². The van der Waals surface area contributed by atoms with Gasteiger partial charge in [-0.2, -0.15) is 4.58 Å². The van der Waals surface area contributed by atoms with E-state index in [1.54, 1.807) is 6.92 Å². The van der Waals surface area contributed by atoms with Crippen molar-refractivity contribution in [1.82, 2.24) is 0 Å². The van der Waals surface area contributed by atoms with Gasteiger partial charge in [0.25, 0.3) is 0 Å². The first-order valence-electron chi connectivity index (χ1n) is 15.9. The maximum Gasteiger partial charge on any atom is 0.315 e. The number of Topliss-reactive ketones (excluding diaryl/α,β-unsaturated/α-hetero) is 1. The van der Waals surface area contributed by atoms with Crippen LogP contribution >= 0.6 is 0 Å². The van der Waals surface area contributed by atoms with E-state index < -0.39 is 0 Å². The molecule has 0 unspecified atom stereocenters. The number of aryl methyl sites for hydroxylation is 1. The van der Waals surface area contributed by atoms with Crippen LogP contribution in [0.15, 0.2) is 66.1 Å². The van der Waals surface area contributed by atoms with Crippen LogP contribution in [-0.2, 0) is 22.4 Å². The number of hydrogen-bond acceptors (Lipinski definition) is 2. The number of benzene rings is 2. The zero-order valence-electron chi connectivity index (χ0n) is 28.1. The highest BCUT2D eigenvalue weighted by atomic mass is 16.5. The van der Waals surface area contributed by atoms with Crippen molar-refractivity contribution in [3.8, 4) is 0 Å². The Morgan fingerprint density at radius 2 is 1.30 bits per heavy atom. The third kappa shape index (κ3) is 17.8. The van der Waals surface area contributed by atoms with Gasteiger partial charge in [-0.1, -0.05) is 148 Å². The fourth-order valence-corrected chi connectivity index (χ4v) is 3.77. The zero-order valence-corrected chi connectivity index (χ0v) is 28.1. The van der Waals surface area contributed by atoms with E-state index in [4.69, 9.17) is 4.74 Å². The number of rotatable bonds is 7. The minimum absolute atomic E-state index is 0.0122. The summed E-state index contributed by atoms with van der Waals surface area (Å²) in [6.07, 6.45) is 9.20. The molecule has 0 saturated carbocycles. The smallest absolute Gasteiger partial charge is 0.315 e. The van der Waals surface area contributed by atoms with Crippen molar-refractivity contribution in [3.63, 3.8) is 0 Å². The van der Waals surface area contributed by atoms with Gasteiger partial charge in [-0.05, 0) is 30.9 Å². The molecule has 4 rings (SSSR count). The fraction of sp³-hybridized carbons (Fsp3) is 0.568. The molecule has 0 N–H and O–H groups in total. The molecule has 0 amide bonds. The Hall–Kier alpha value is -2.68. The summed E-state index contributed by atoms with van der Waals surface area (Å²) < 4.78 is 8.01. The number of ketones is 1. The zero-order chi connectivity index (χ0) is 30.9. The summed E-state index contributed by atoms with van der Waals surface area (Å²) >= 11 is 0. The summed E-state index contributed by atoms with van der Waals surface area (Å²) in [5.41, 5.74) is 4.95. The molecule has 0 aromatic heterocycles. The SMILES string of the molecule is CC.CC.CCCC.CCCC(C)C.CC[N+]1=CC/1=C(/OC1Cc2ccccc2C1)C(C)=O.Cc1ccccc1. The van der Waals surface area contributed by atoms with Gasteiger partial charge in [0.1, 0.15) is 12.6 Å². The molecular formula is C37H62NO2+. The molecule has 1 heterocycles. The van der Waals surface area contributed by atoms with Gasteiger partial charge in [0.05, 0.1) is 0 Å². The highest BCUT2D eigenvalue weighted by Crippen LogP contribution is 2.27. The lowest BCUT2D eigenvalue weighted by molar-refractivity contribution is -0.401. The summed E-state index contributed by atoms with van der Waals surface area (Å²) in [5, 5.41) is 0. The summed E-state index contributed by atoms with van der Waals surface area (Å²) in [4.78, 5) is 11.7. The lowest BCUT2D eigenvalue weighted by atomic mass is 10.1. The Kier molecular flexibility index (Phi) is 25.0. The maximum atomic E-state index is 11.7. The topological polar surface area (TPSA) is 29.3 Å². The van der Waals surface area contributed by atoms with Crippen molar-refractivity contribution in [2.24, 2.45) is 5.92 Å². The van der Waals surface area contributed by atoms with Crippen molar-refractivity contribution in [2.75, 3.05) is 6.54 Å². The molecule has 40 heavy (non-hydrogen) atoms. The van der Waals surface area contributed by atoms with Crippen molar-refractivity contribution in [1.29, 1.82) is 0 Å². The number of fused-ring (bicyclic) bond motifs is 1. The van der Waals surface area contributed by atoms with E-state index in [1.165, 1.54) is 42.4 Å². The summed E-state index contributed by atoms with van der Waals surface area (Å²) in [7, 11) is 0. The molecule has 0 bridgehead atoms. The molecule has 1 aliphatic carbocycles. The molecule has 3 heteroatoms. The van der Waals surface area contributed by atoms with Gasteiger partial charge in [0.15, 0.2) is 0 Å². The van der Waals surface area contributed by atoms with Gasteiger partial charge >= 0.3 is 5.70 Å². The minimum Gasteiger partial charge on any atom is -0.480 e. The van der Waals surface area contributed by atoms with E-state index in [0.29, 0.717) is 5.76 Å². The monoisotopic (exact) mass is 552 g/mol. The predicted octanol–water partition coefficient (Wildman–Crippen LogP) is 10.4. The van der Waals surface area contributed by atoms with Gasteiger partial charge < -0.3 is 4.74 Å². The number of carbonyl (C=O) groups excluding carboxylic acids is 1. The number of ether oxygens (including phenoxy) is 1. The fourth-order valence-electron chi connectivity index (χ4n) is 3.77. The predicted molar refractivity (Wildman–Crippen MR) is 177 cm³/mol. The standard InChI is InChI=1S/C16H18NO2.C7H8.C6H14.C4H10.2C2H6/c1-3-17-10-15(17)16(11(2)18)19-14-8-12-6-4-5-7-13(12)9-14;1-7-5-3-2-4-6-7;1-4-5-6(2)3;1-3-4-2;2*1-2/h4-7,10,14H,3,8-9H2,1-2H3;2-6H,1H3;6H,4-5H2,1-3H3;3-4H2,1-2H3;2*1-2H3/q+1;;;;;/b16-15-;;;;;. The van der Waals surface area contributed by atoms with Crippen molar-refractivity contribution in [3.05, 3.63) is 82.7 Å². The second-order valence-electron chi connectivity index (χ2n) is 9.94. The minimum atomic E-state index is 0.0122. The summed E-state index contributed by atoms with van der Waals surface area (Å²) in [5.74, 6) is 1.44. The molecule has 2 aliphatic rings. The first-order valence-corrected chi connectivity index (χ1v) is 15.9. The molecule has 0 spiro atoms. The van der Waals surface area contributed by atoms with Crippen LogP contribution in [0.2, 0.25) is 0 Å². The maximum absolute atomic E-state index is 11.7.